The topological polar surface area (TPSA) is 81.5 Å². The third-order valence-corrected chi connectivity index (χ3v) is 3.75. The van der Waals surface area contributed by atoms with Gasteiger partial charge < -0.3 is 11.5 Å². The highest BCUT2D eigenvalue weighted by Gasteiger charge is 2.13. The zero-order valence-corrected chi connectivity index (χ0v) is 11.1. The molecule has 5 heteroatoms. The van der Waals surface area contributed by atoms with E-state index in [-0.39, 0.29) is 11.9 Å². The van der Waals surface area contributed by atoms with Crippen LogP contribution in [0.5, 0.6) is 0 Å². The van der Waals surface area contributed by atoms with Crippen molar-refractivity contribution in [1.29, 1.82) is 0 Å². The van der Waals surface area contributed by atoms with Gasteiger partial charge in [-0.05, 0) is 29.0 Å². The molecule has 0 saturated carbocycles. The molecule has 94 valence electrons. The Hall–Kier alpha value is -1.88. The van der Waals surface area contributed by atoms with Gasteiger partial charge in [0.15, 0.2) is 5.96 Å². The highest BCUT2D eigenvalue weighted by molar-refractivity contribution is 7.20. The Bertz CT molecular complexity index is 624. The zero-order valence-electron chi connectivity index (χ0n) is 10.3. The molecule has 0 aliphatic carbocycles. The molecule has 0 saturated heterocycles. The van der Waals surface area contributed by atoms with Crippen LogP contribution in [-0.2, 0) is 0 Å². The monoisotopic (exact) mass is 261 g/mol. The van der Waals surface area contributed by atoms with Gasteiger partial charge in [-0.2, -0.15) is 4.99 Å². The van der Waals surface area contributed by atoms with Crippen molar-refractivity contribution in [2.75, 3.05) is 0 Å². The predicted molar refractivity (Wildman–Crippen MR) is 76.1 cm³/mol. The highest BCUT2D eigenvalue weighted by Crippen LogP contribution is 2.32. The maximum Gasteiger partial charge on any atom is 0.290 e. The molecule has 0 radical (unpaired) electrons. The van der Waals surface area contributed by atoms with Crippen molar-refractivity contribution in [3.05, 3.63) is 34.7 Å². The number of thiophene rings is 1. The molecule has 1 heterocycles. The number of guanidine groups is 1. The number of carbonyl (C=O) groups excluding carboxylic acids is 1. The molecule has 0 fully saturated rings. The molecule has 1 aromatic heterocycles. The molecule has 0 unspecified atom stereocenters. The molecule has 0 bridgehead atoms. The zero-order chi connectivity index (χ0) is 13.3. The number of aliphatic imine (C=N–C) groups is 1. The Morgan fingerprint density at radius 2 is 2.06 bits per heavy atom. The van der Waals surface area contributed by atoms with Crippen molar-refractivity contribution >= 4 is 33.3 Å². The summed E-state index contributed by atoms with van der Waals surface area (Å²) in [4.78, 5) is 15.9. The first-order valence-corrected chi connectivity index (χ1v) is 6.47. The minimum atomic E-state index is -0.383. The van der Waals surface area contributed by atoms with E-state index >= 15 is 0 Å². The van der Waals surface area contributed by atoms with Crippen LogP contribution in [0, 0.1) is 0 Å². The van der Waals surface area contributed by atoms with E-state index in [4.69, 9.17) is 11.5 Å². The Kier molecular flexibility index (Phi) is 3.34. The number of nitrogens with zero attached hydrogens (tertiary/aromatic N) is 1. The van der Waals surface area contributed by atoms with Gasteiger partial charge in [0, 0.05) is 4.70 Å². The van der Waals surface area contributed by atoms with Crippen molar-refractivity contribution in [3.63, 3.8) is 0 Å². The quantitative estimate of drug-likeness (QED) is 0.643. The largest absolute Gasteiger partial charge is 0.370 e. The van der Waals surface area contributed by atoms with Crippen LogP contribution < -0.4 is 11.5 Å². The van der Waals surface area contributed by atoms with Gasteiger partial charge in [-0.1, -0.05) is 26.0 Å². The summed E-state index contributed by atoms with van der Waals surface area (Å²) in [6.07, 6.45) is 0. The molecule has 1 amide bonds. The van der Waals surface area contributed by atoms with E-state index in [2.05, 4.69) is 24.9 Å². The number of rotatable bonds is 2. The Morgan fingerprint density at radius 1 is 1.33 bits per heavy atom. The first-order valence-electron chi connectivity index (χ1n) is 5.65. The van der Waals surface area contributed by atoms with Gasteiger partial charge >= 0.3 is 0 Å². The average Bonchev–Trinajstić information content (AvgIpc) is 2.70. The molecule has 1 aromatic carbocycles. The van der Waals surface area contributed by atoms with Gasteiger partial charge in [0.2, 0.25) is 0 Å². The fourth-order valence-electron chi connectivity index (χ4n) is 1.86. The van der Waals surface area contributed by atoms with Crippen LogP contribution in [0.15, 0.2) is 29.3 Å². The maximum atomic E-state index is 11.8. The molecule has 18 heavy (non-hydrogen) atoms. The molecule has 4 nitrogen and oxygen atoms in total. The number of nitrogens with two attached hydrogens (primary N) is 2. The van der Waals surface area contributed by atoms with E-state index in [1.807, 2.05) is 18.2 Å². The molecule has 2 rings (SSSR count). The highest BCUT2D eigenvalue weighted by atomic mass is 32.1. The summed E-state index contributed by atoms with van der Waals surface area (Å²) < 4.78 is 1.08. The van der Waals surface area contributed by atoms with Crippen LogP contribution in [0.3, 0.4) is 0 Å². The lowest BCUT2D eigenvalue weighted by atomic mass is 9.99. The number of amides is 1. The van der Waals surface area contributed by atoms with E-state index < -0.39 is 0 Å². The van der Waals surface area contributed by atoms with Gasteiger partial charge in [0.1, 0.15) is 0 Å². The van der Waals surface area contributed by atoms with Crippen molar-refractivity contribution in [2.45, 2.75) is 19.8 Å². The first-order chi connectivity index (χ1) is 8.49. The fraction of sp³-hybridized carbons (Fsp3) is 0.231. The average molecular weight is 261 g/mol. The second kappa shape index (κ2) is 4.78. The third kappa shape index (κ3) is 2.36. The molecule has 0 aliphatic heterocycles. The van der Waals surface area contributed by atoms with Crippen molar-refractivity contribution in [3.8, 4) is 0 Å². The van der Waals surface area contributed by atoms with Crippen LogP contribution in [-0.4, -0.2) is 11.9 Å². The standard InChI is InChI=1S/C13H15N3OS/c1-7(2)8-4-3-5-10-9(8)6-11(18-10)12(17)16-13(14)15/h3-7H,1-2H3,(H4,14,15,16,17). The van der Waals surface area contributed by atoms with Gasteiger partial charge in [0.05, 0.1) is 4.88 Å². The van der Waals surface area contributed by atoms with Gasteiger partial charge in [-0.15, -0.1) is 11.3 Å². The molecule has 4 N–H and O–H groups in total. The molecule has 0 spiro atoms. The van der Waals surface area contributed by atoms with E-state index in [1.165, 1.54) is 16.9 Å². The second-order valence-electron chi connectivity index (χ2n) is 4.37. The van der Waals surface area contributed by atoms with Crippen molar-refractivity contribution in [1.82, 2.24) is 0 Å². The SMILES string of the molecule is CC(C)c1cccc2sc(C(=O)N=C(N)N)cc12. The Labute approximate surface area is 109 Å². The van der Waals surface area contributed by atoms with E-state index in [1.54, 1.807) is 0 Å². The minimum Gasteiger partial charge on any atom is -0.370 e. The van der Waals surface area contributed by atoms with Crippen LogP contribution in [0.4, 0.5) is 0 Å². The summed E-state index contributed by atoms with van der Waals surface area (Å²) in [7, 11) is 0. The number of benzene rings is 1. The lowest BCUT2D eigenvalue weighted by molar-refractivity contribution is 0.101. The third-order valence-electron chi connectivity index (χ3n) is 2.66. The number of hydrogen-bond donors (Lipinski definition) is 2. The van der Waals surface area contributed by atoms with Crippen LogP contribution in [0.1, 0.15) is 35.0 Å². The number of fused-ring (bicyclic) bond motifs is 1. The van der Waals surface area contributed by atoms with Crippen LogP contribution in [0.25, 0.3) is 10.1 Å². The van der Waals surface area contributed by atoms with Crippen molar-refractivity contribution in [2.24, 2.45) is 16.5 Å². The summed E-state index contributed by atoms with van der Waals surface area (Å²) in [6.45, 7) is 4.26. The normalized spacial score (nSPS) is 10.8. The summed E-state index contributed by atoms with van der Waals surface area (Å²) in [5.41, 5.74) is 11.7. The summed E-state index contributed by atoms with van der Waals surface area (Å²) in [5.74, 6) is -0.179. The van der Waals surface area contributed by atoms with Gasteiger partial charge in [0.25, 0.3) is 5.91 Å². The Balaban J connectivity index is 2.54. The molecular weight excluding hydrogens is 246 g/mol. The van der Waals surface area contributed by atoms with Crippen LogP contribution >= 0.6 is 11.3 Å². The molecule has 0 aliphatic rings. The number of carbonyl (C=O) groups is 1. The Morgan fingerprint density at radius 3 is 2.67 bits per heavy atom. The molecular formula is C13H15N3OS. The van der Waals surface area contributed by atoms with E-state index in [9.17, 15) is 4.79 Å². The minimum absolute atomic E-state index is 0.207. The van der Waals surface area contributed by atoms with Gasteiger partial charge in [-0.3, -0.25) is 4.79 Å². The van der Waals surface area contributed by atoms with Gasteiger partial charge in [-0.25, -0.2) is 0 Å². The first kappa shape index (κ1) is 12.6. The van der Waals surface area contributed by atoms with Crippen LogP contribution in [0.2, 0.25) is 0 Å². The fourth-order valence-corrected chi connectivity index (χ4v) is 2.84. The van der Waals surface area contributed by atoms with E-state index in [0.29, 0.717) is 10.8 Å². The van der Waals surface area contributed by atoms with Crippen molar-refractivity contribution < 1.29 is 4.79 Å². The summed E-state index contributed by atoms with van der Waals surface area (Å²) in [5, 5.41) is 1.10. The smallest absolute Gasteiger partial charge is 0.290 e. The lowest BCUT2D eigenvalue weighted by Crippen LogP contribution is -2.24. The summed E-state index contributed by atoms with van der Waals surface area (Å²) >= 11 is 1.41. The number of hydrogen-bond acceptors (Lipinski definition) is 2. The second-order valence-corrected chi connectivity index (χ2v) is 5.45. The van der Waals surface area contributed by atoms with E-state index in [0.717, 1.165) is 10.1 Å². The molecule has 2 aromatic rings. The maximum absolute atomic E-state index is 11.8. The predicted octanol–water partition coefficient (Wildman–Crippen LogP) is 2.44. The molecule has 0 atom stereocenters. The lowest BCUT2D eigenvalue weighted by Gasteiger charge is -2.05. The summed E-state index contributed by atoms with van der Waals surface area (Å²) in [6, 6.07) is 7.94.